The Morgan fingerprint density at radius 1 is 0.375 bits per heavy atom. The number of furan rings is 1. The van der Waals surface area contributed by atoms with E-state index in [9.17, 15) is 0 Å². The first-order valence-corrected chi connectivity index (χ1v) is 19.1. The zero-order chi connectivity index (χ0) is 36.7. The van der Waals surface area contributed by atoms with Gasteiger partial charge in [0.15, 0.2) is 0 Å². The van der Waals surface area contributed by atoms with Gasteiger partial charge in [-0.05, 0) is 109 Å². The number of pyridine rings is 1. The molecule has 0 bridgehead atoms. The molecule has 0 N–H and O–H groups in total. The first kappa shape index (κ1) is 30.9. The molecule has 0 atom stereocenters. The molecule has 3 nitrogen and oxygen atoms in total. The van der Waals surface area contributed by atoms with Crippen molar-refractivity contribution in [3.05, 3.63) is 194 Å². The van der Waals surface area contributed by atoms with Crippen molar-refractivity contribution in [2.24, 2.45) is 0 Å². The van der Waals surface area contributed by atoms with Gasteiger partial charge in [-0.3, -0.25) is 4.98 Å². The fourth-order valence-electron chi connectivity index (χ4n) is 9.25. The zero-order valence-corrected chi connectivity index (χ0v) is 30.3. The molecule has 9 aromatic carbocycles. The maximum Gasteiger partial charge on any atom is 0.135 e. The Balaban J connectivity index is 1.21. The molecule has 12 aromatic rings. The van der Waals surface area contributed by atoms with Crippen molar-refractivity contribution in [1.29, 1.82) is 0 Å². The molecule has 0 aliphatic carbocycles. The van der Waals surface area contributed by atoms with Crippen molar-refractivity contribution >= 4 is 76.1 Å². The molecule has 0 saturated heterocycles. The summed E-state index contributed by atoms with van der Waals surface area (Å²) in [5.74, 6) is 0. The van der Waals surface area contributed by atoms with E-state index in [1.165, 1.54) is 76.6 Å². The van der Waals surface area contributed by atoms with E-state index in [1.54, 1.807) is 0 Å². The van der Waals surface area contributed by atoms with E-state index in [2.05, 4.69) is 185 Å². The molecule has 0 unspecified atom stereocenters. The van der Waals surface area contributed by atoms with E-state index in [4.69, 9.17) is 4.42 Å². The summed E-state index contributed by atoms with van der Waals surface area (Å²) in [4.78, 5) is 4.62. The quantitative estimate of drug-likeness (QED) is 0.170. The minimum absolute atomic E-state index is 0.897. The SMILES string of the molecule is c1ccc(-c2c3ccccc3c(-c3ccc4oc5ccccc5c4c3)c3cc(-c4cc5c6cnccc6n(-c6ccccc6)c5c5ccccc45)ccc23)cc1. The van der Waals surface area contributed by atoms with Crippen LogP contribution in [0.15, 0.2) is 199 Å². The molecule has 56 heavy (non-hydrogen) atoms. The lowest BCUT2D eigenvalue weighted by molar-refractivity contribution is 0.669. The summed E-state index contributed by atoms with van der Waals surface area (Å²) < 4.78 is 8.70. The number of hydrogen-bond donors (Lipinski definition) is 0. The van der Waals surface area contributed by atoms with Crippen LogP contribution >= 0.6 is 0 Å². The summed E-state index contributed by atoms with van der Waals surface area (Å²) >= 11 is 0. The second-order valence-electron chi connectivity index (χ2n) is 14.7. The summed E-state index contributed by atoms with van der Waals surface area (Å²) in [6, 6.07) is 65.9. The van der Waals surface area contributed by atoms with Crippen molar-refractivity contribution in [1.82, 2.24) is 9.55 Å². The Bertz CT molecular complexity index is 3520. The van der Waals surface area contributed by atoms with Gasteiger partial charge in [0, 0.05) is 45.0 Å². The molecule has 260 valence electrons. The van der Waals surface area contributed by atoms with Gasteiger partial charge >= 0.3 is 0 Å². The van der Waals surface area contributed by atoms with Crippen LogP contribution in [0, 0.1) is 0 Å². The molecule has 0 spiro atoms. The lowest BCUT2D eigenvalue weighted by atomic mass is 9.84. The standard InChI is InChI=1S/C53H32N2O/c1-3-13-33(14-4-1)51-39-19-8-9-20-40(39)52(35-24-26-50-44(30-35)38-18-11-12-22-49(38)56-50)45-29-34(23-25-41(45)51)43-31-46-47-32-54-28-27-48(47)55(36-15-5-2-6-16-36)53(46)42-21-10-7-17-37(42)43/h1-32H. The molecule has 0 saturated carbocycles. The smallest absolute Gasteiger partial charge is 0.135 e. The second-order valence-corrected chi connectivity index (χ2v) is 14.7. The maximum absolute atomic E-state index is 6.30. The summed E-state index contributed by atoms with van der Waals surface area (Å²) in [6.45, 7) is 0. The van der Waals surface area contributed by atoms with E-state index in [0.717, 1.165) is 38.5 Å². The Hall–Kier alpha value is -7.49. The van der Waals surface area contributed by atoms with Crippen LogP contribution in [0.5, 0.6) is 0 Å². The summed E-state index contributed by atoms with van der Waals surface area (Å²) in [6.07, 6.45) is 3.91. The number of para-hydroxylation sites is 2. The van der Waals surface area contributed by atoms with Gasteiger partial charge in [0.2, 0.25) is 0 Å². The molecule has 0 fully saturated rings. The molecule has 0 radical (unpaired) electrons. The highest BCUT2D eigenvalue weighted by Crippen LogP contribution is 2.47. The van der Waals surface area contributed by atoms with Gasteiger partial charge in [-0.1, -0.05) is 133 Å². The largest absolute Gasteiger partial charge is 0.456 e. The minimum Gasteiger partial charge on any atom is -0.456 e. The lowest BCUT2D eigenvalue weighted by Gasteiger charge is -2.19. The van der Waals surface area contributed by atoms with Crippen molar-refractivity contribution in [2.75, 3.05) is 0 Å². The van der Waals surface area contributed by atoms with Crippen LogP contribution in [0.2, 0.25) is 0 Å². The van der Waals surface area contributed by atoms with Gasteiger partial charge in [0.05, 0.1) is 11.0 Å². The van der Waals surface area contributed by atoms with Gasteiger partial charge in [-0.15, -0.1) is 0 Å². The predicted molar refractivity (Wildman–Crippen MR) is 235 cm³/mol. The van der Waals surface area contributed by atoms with Crippen LogP contribution in [-0.2, 0) is 0 Å². The number of nitrogens with zero attached hydrogens (tertiary/aromatic N) is 2. The topological polar surface area (TPSA) is 31.0 Å². The van der Waals surface area contributed by atoms with Crippen LogP contribution in [0.1, 0.15) is 0 Å². The van der Waals surface area contributed by atoms with E-state index >= 15 is 0 Å². The van der Waals surface area contributed by atoms with Gasteiger partial charge in [-0.25, -0.2) is 0 Å². The highest BCUT2D eigenvalue weighted by molar-refractivity contribution is 6.25. The number of rotatable bonds is 4. The highest BCUT2D eigenvalue weighted by atomic mass is 16.3. The summed E-state index contributed by atoms with van der Waals surface area (Å²) in [5, 5.41) is 11.9. The average molecular weight is 713 g/mol. The Morgan fingerprint density at radius 2 is 0.982 bits per heavy atom. The first-order chi connectivity index (χ1) is 27.8. The van der Waals surface area contributed by atoms with Gasteiger partial charge in [-0.2, -0.15) is 0 Å². The number of benzene rings is 9. The molecule has 0 amide bonds. The van der Waals surface area contributed by atoms with Crippen molar-refractivity contribution in [3.8, 4) is 39.1 Å². The van der Waals surface area contributed by atoms with Crippen molar-refractivity contribution in [3.63, 3.8) is 0 Å². The third-order valence-corrected chi connectivity index (χ3v) is 11.6. The monoisotopic (exact) mass is 712 g/mol. The number of aromatic nitrogens is 2. The predicted octanol–water partition coefficient (Wildman–Crippen LogP) is 14.5. The molecule has 0 aliphatic heterocycles. The minimum atomic E-state index is 0.897. The second kappa shape index (κ2) is 12.0. The van der Waals surface area contributed by atoms with E-state index in [-0.39, 0.29) is 0 Å². The Kier molecular flexibility index (Phi) is 6.63. The van der Waals surface area contributed by atoms with E-state index in [0.29, 0.717) is 0 Å². The molecule has 12 rings (SSSR count). The Labute approximate surface area is 322 Å². The third kappa shape index (κ3) is 4.49. The summed E-state index contributed by atoms with van der Waals surface area (Å²) in [5.41, 5.74) is 12.5. The zero-order valence-electron chi connectivity index (χ0n) is 30.3. The van der Waals surface area contributed by atoms with Crippen LogP contribution < -0.4 is 0 Å². The Morgan fingerprint density at radius 3 is 1.79 bits per heavy atom. The van der Waals surface area contributed by atoms with E-state index in [1.807, 2.05) is 18.5 Å². The van der Waals surface area contributed by atoms with Crippen LogP contribution in [0.25, 0.3) is 115 Å². The highest BCUT2D eigenvalue weighted by Gasteiger charge is 2.21. The maximum atomic E-state index is 6.30. The van der Waals surface area contributed by atoms with Crippen LogP contribution in [0.4, 0.5) is 0 Å². The van der Waals surface area contributed by atoms with Gasteiger partial charge in [0.25, 0.3) is 0 Å². The van der Waals surface area contributed by atoms with Crippen molar-refractivity contribution < 1.29 is 4.42 Å². The number of fused-ring (bicyclic) bond motifs is 10. The number of hydrogen-bond acceptors (Lipinski definition) is 2. The average Bonchev–Trinajstić information content (AvgIpc) is 3.81. The third-order valence-electron chi connectivity index (χ3n) is 11.6. The lowest BCUT2D eigenvalue weighted by Crippen LogP contribution is -1.95. The normalized spacial score (nSPS) is 11.9. The molecular weight excluding hydrogens is 681 g/mol. The first-order valence-electron chi connectivity index (χ1n) is 19.1. The van der Waals surface area contributed by atoms with E-state index < -0.39 is 0 Å². The molecule has 3 heterocycles. The molecule has 3 heteroatoms. The summed E-state index contributed by atoms with van der Waals surface area (Å²) in [7, 11) is 0. The van der Waals surface area contributed by atoms with Crippen LogP contribution in [0.3, 0.4) is 0 Å². The fourth-order valence-corrected chi connectivity index (χ4v) is 9.25. The molecular formula is C53H32N2O. The van der Waals surface area contributed by atoms with Crippen LogP contribution in [-0.4, -0.2) is 9.55 Å². The molecule has 0 aliphatic rings. The fraction of sp³-hybridized carbons (Fsp3) is 0. The van der Waals surface area contributed by atoms with Crippen molar-refractivity contribution in [2.45, 2.75) is 0 Å². The van der Waals surface area contributed by atoms with Gasteiger partial charge < -0.3 is 8.98 Å². The van der Waals surface area contributed by atoms with Gasteiger partial charge in [0.1, 0.15) is 11.2 Å². The molecule has 3 aromatic heterocycles.